The van der Waals surface area contributed by atoms with Crippen molar-refractivity contribution in [1.29, 1.82) is 0 Å². The van der Waals surface area contributed by atoms with Crippen LogP contribution in [0.5, 0.6) is 5.75 Å². The highest BCUT2D eigenvalue weighted by Crippen LogP contribution is 2.17. The molecule has 0 unspecified atom stereocenters. The highest BCUT2D eigenvalue weighted by molar-refractivity contribution is 6.09. The van der Waals surface area contributed by atoms with Crippen molar-refractivity contribution >= 4 is 17.5 Å². The average molecular weight is 397 g/mol. The lowest BCUT2D eigenvalue weighted by atomic mass is 10.1. The summed E-state index contributed by atoms with van der Waals surface area (Å²) in [7, 11) is 1.57. The summed E-state index contributed by atoms with van der Waals surface area (Å²) in [4.78, 5) is 27.5. The second-order valence-corrected chi connectivity index (χ2v) is 6.79. The van der Waals surface area contributed by atoms with E-state index in [0.717, 1.165) is 39.3 Å². The van der Waals surface area contributed by atoms with E-state index in [0.29, 0.717) is 29.1 Å². The van der Waals surface area contributed by atoms with Gasteiger partial charge in [0, 0.05) is 25.2 Å². The zero-order valence-corrected chi connectivity index (χ0v) is 16.6. The molecule has 0 radical (unpaired) electrons. The maximum Gasteiger partial charge on any atom is 0.255 e. The van der Waals surface area contributed by atoms with E-state index in [1.54, 1.807) is 55.6 Å². The molecule has 1 heterocycles. The Bertz CT molecular complexity index is 817. The first-order chi connectivity index (χ1) is 14.2. The van der Waals surface area contributed by atoms with Crippen LogP contribution in [0, 0.1) is 0 Å². The lowest BCUT2D eigenvalue weighted by Gasteiger charge is -2.26. The van der Waals surface area contributed by atoms with Crippen LogP contribution in [0.4, 0.5) is 5.69 Å². The monoisotopic (exact) mass is 397 g/mol. The number of morpholine rings is 1. The van der Waals surface area contributed by atoms with Crippen LogP contribution < -0.4 is 15.4 Å². The molecule has 29 heavy (non-hydrogen) atoms. The maximum atomic E-state index is 12.6. The highest BCUT2D eigenvalue weighted by Gasteiger charge is 2.14. The minimum Gasteiger partial charge on any atom is -0.497 e. The molecule has 7 nitrogen and oxygen atoms in total. The molecule has 0 saturated carbocycles. The molecule has 0 bridgehead atoms. The predicted octanol–water partition coefficient (Wildman–Crippen LogP) is 2.40. The Kier molecular flexibility index (Phi) is 7.61. The van der Waals surface area contributed by atoms with Crippen LogP contribution >= 0.6 is 0 Å². The molecule has 2 N–H and O–H groups in total. The number of carbonyl (C=O) groups is 2. The standard InChI is InChI=1S/C22H27N3O4/c1-28-18-9-7-17(8-10-18)21(26)24-20-6-3-2-5-19(20)22(27)23-11-4-12-25-13-15-29-16-14-25/h2-3,5-10H,4,11-16H2,1H3,(H,23,27)(H,24,26). The van der Waals surface area contributed by atoms with Gasteiger partial charge in [-0.1, -0.05) is 12.1 Å². The second kappa shape index (κ2) is 10.6. The summed E-state index contributed by atoms with van der Waals surface area (Å²) in [5, 5.41) is 5.77. The SMILES string of the molecule is COc1ccc(C(=O)Nc2ccccc2C(=O)NCCCN2CCOCC2)cc1. The van der Waals surface area contributed by atoms with Gasteiger partial charge in [-0.05, 0) is 49.4 Å². The zero-order valence-electron chi connectivity index (χ0n) is 16.6. The van der Waals surface area contributed by atoms with Crippen molar-refractivity contribution in [2.75, 3.05) is 51.8 Å². The maximum absolute atomic E-state index is 12.6. The van der Waals surface area contributed by atoms with Gasteiger partial charge >= 0.3 is 0 Å². The Morgan fingerprint density at radius 1 is 1.03 bits per heavy atom. The minimum absolute atomic E-state index is 0.197. The van der Waals surface area contributed by atoms with Crippen molar-refractivity contribution in [3.63, 3.8) is 0 Å². The van der Waals surface area contributed by atoms with E-state index < -0.39 is 0 Å². The van der Waals surface area contributed by atoms with Crippen LogP contribution in [-0.4, -0.2) is 63.2 Å². The van der Waals surface area contributed by atoms with E-state index in [1.165, 1.54) is 0 Å². The third kappa shape index (κ3) is 6.04. The summed E-state index contributed by atoms with van der Waals surface area (Å²) in [5.41, 5.74) is 1.42. The number of amides is 2. The van der Waals surface area contributed by atoms with Crippen molar-refractivity contribution in [1.82, 2.24) is 10.2 Å². The molecule has 1 aliphatic heterocycles. The molecule has 1 aliphatic rings. The van der Waals surface area contributed by atoms with Gasteiger partial charge in [-0.15, -0.1) is 0 Å². The Morgan fingerprint density at radius 2 is 1.76 bits per heavy atom. The summed E-state index contributed by atoms with van der Waals surface area (Å²) < 4.78 is 10.4. The lowest BCUT2D eigenvalue weighted by Crippen LogP contribution is -2.38. The Hall–Kier alpha value is -2.90. The molecule has 0 aromatic heterocycles. The first kappa shape index (κ1) is 20.8. The number of rotatable bonds is 8. The van der Waals surface area contributed by atoms with Gasteiger partial charge in [0.1, 0.15) is 5.75 Å². The number of benzene rings is 2. The van der Waals surface area contributed by atoms with Gasteiger partial charge < -0.3 is 20.1 Å². The van der Waals surface area contributed by atoms with Gasteiger partial charge in [0.25, 0.3) is 11.8 Å². The minimum atomic E-state index is -0.278. The zero-order chi connectivity index (χ0) is 20.5. The third-order valence-corrected chi connectivity index (χ3v) is 4.81. The number of nitrogens with zero attached hydrogens (tertiary/aromatic N) is 1. The summed E-state index contributed by atoms with van der Waals surface area (Å²) in [5.74, 6) is 0.205. The molecule has 1 fully saturated rings. The number of hydrogen-bond acceptors (Lipinski definition) is 5. The quantitative estimate of drug-likeness (QED) is 0.669. The summed E-state index contributed by atoms with van der Waals surface area (Å²) >= 11 is 0. The van der Waals surface area contributed by atoms with E-state index in [-0.39, 0.29) is 11.8 Å². The fourth-order valence-corrected chi connectivity index (χ4v) is 3.15. The molecule has 3 rings (SSSR count). The summed E-state index contributed by atoms with van der Waals surface area (Å²) in [6, 6.07) is 13.8. The Balaban J connectivity index is 1.54. The lowest BCUT2D eigenvalue weighted by molar-refractivity contribution is 0.0374. The third-order valence-electron chi connectivity index (χ3n) is 4.81. The van der Waals surface area contributed by atoms with Crippen LogP contribution in [0.2, 0.25) is 0 Å². The Morgan fingerprint density at radius 3 is 2.48 bits per heavy atom. The number of para-hydroxylation sites is 1. The van der Waals surface area contributed by atoms with E-state index in [1.807, 2.05) is 0 Å². The smallest absolute Gasteiger partial charge is 0.255 e. The number of ether oxygens (including phenoxy) is 2. The van der Waals surface area contributed by atoms with Crippen LogP contribution in [0.3, 0.4) is 0 Å². The molecular formula is C22H27N3O4. The van der Waals surface area contributed by atoms with Crippen LogP contribution in [-0.2, 0) is 4.74 Å². The van der Waals surface area contributed by atoms with Crippen molar-refractivity contribution < 1.29 is 19.1 Å². The van der Waals surface area contributed by atoms with Crippen molar-refractivity contribution in [2.24, 2.45) is 0 Å². The number of anilines is 1. The van der Waals surface area contributed by atoms with E-state index >= 15 is 0 Å². The van der Waals surface area contributed by atoms with Crippen LogP contribution in [0.15, 0.2) is 48.5 Å². The molecule has 0 aliphatic carbocycles. The average Bonchev–Trinajstić information content (AvgIpc) is 2.77. The van der Waals surface area contributed by atoms with E-state index in [9.17, 15) is 9.59 Å². The largest absolute Gasteiger partial charge is 0.497 e. The van der Waals surface area contributed by atoms with Gasteiger partial charge in [0.15, 0.2) is 0 Å². The van der Waals surface area contributed by atoms with Crippen molar-refractivity contribution in [2.45, 2.75) is 6.42 Å². The molecule has 2 amide bonds. The number of carbonyl (C=O) groups excluding carboxylic acids is 2. The molecular weight excluding hydrogens is 370 g/mol. The molecule has 2 aromatic carbocycles. The van der Waals surface area contributed by atoms with Gasteiger partial charge in [-0.3, -0.25) is 14.5 Å². The van der Waals surface area contributed by atoms with Gasteiger partial charge in [-0.25, -0.2) is 0 Å². The van der Waals surface area contributed by atoms with Gasteiger partial charge in [-0.2, -0.15) is 0 Å². The fourth-order valence-electron chi connectivity index (χ4n) is 3.15. The van der Waals surface area contributed by atoms with E-state index in [4.69, 9.17) is 9.47 Å². The number of methoxy groups -OCH3 is 1. The van der Waals surface area contributed by atoms with Crippen LogP contribution in [0.25, 0.3) is 0 Å². The molecule has 154 valence electrons. The van der Waals surface area contributed by atoms with Gasteiger partial charge in [0.2, 0.25) is 0 Å². The number of nitrogens with one attached hydrogen (secondary N) is 2. The summed E-state index contributed by atoms with van der Waals surface area (Å²) in [6.45, 7) is 4.93. The Labute approximate surface area is 171 Å². The van der Waals surface area contributed by atoms with Crippen molar-refractivity contribution in [3.8, 4) is 5.75 Å². The molecule has 2 aromatic rings. The normalized spacial score (nSPS) is 14.2. The van der Waals surface area contributed by atoms with Crippen molar-refractivity contribution in [3.05, 3.63) is 59.7 Å². The fraction of sp³-hybridized carbons (Fsp3) is 0.364. The first-order valence-electron chi connectivity index (χ1n) is 9.80. The molecule has 0 spiro atoms. The molecule has 1 saturated heterocycles. The van der Waals surface area contributed by atoms with E-state index in [2.05, 4.69) is 15.5 Å². The second-order valence-electron chi connectivity index (χ2n) is 6.79. The highest BCUT2D eigenvalue weighted by atomic mass is 16.5. The van der Waals surface area contributed by atoms with Gasteiger partial charge in [0.05, 0.1) is 31.6 Å². The first-order valence-corrected chi connectivity index (χ1v) is 9.80. The molecule has 7 heteroatoms. The van der Waals surface area contributed by atoms with Crippen LogP contribution in [0.1, 0.15) is 27.1 Å². The summed E-state index contributed by atoms with van der Waals surface area (Å²) in [6.07, 6.45) is 0.867. The number of hydrogen-bond donors (Lipinski definition) is 2. The predicted molar refractivity (Wildman–Crippen MR) is 112 cm³/mol. The topological polar surface area (TPSA) is 79.9 Å². The molecule has 0 atom stereocenters.